The Morgan fingerprint density at radius 2 is 1.89 bits per heavy atom. The van der Waals surface area contributed by atoms with Gasteiger partial charge in [-0.1, -0.05) is 38.2 Å². The largest absolute Gasteiger partial charge is 0.493 e. The van der Waals surface area contributed by atoms with E-state index in [9.17, 15) is 24.0 Å². The summed E-state index contributed by atoms with van der Waals surface area (Å²) >= 11 is 0. The fraction of sp³-hybridized carbons (Fsp3) is 0.500. The molecule has 0 spiro atoms. The third-order valence-electron chi connectivity index (χ3n) is 8.85. The Balaban J connectivity index is 0.00000154. The number of nitrogens with zero attached hydrogens (tertiary/aromatic N) is 3. The number of carbonyl (C=O) groups is 4. The van der Waals surface area contributed by atoms with Crippen LogP contribution in [0.1, 0.15) is 78.8 Å². The van der Waals surface area contributed by atoms with Gasteiger partial charge in [-0.3, -0.25) is 19.2 Å². The lowest BCUT2D eigenvalue weighted by atomic mass is 9.86. The summed E-state index contributed by atoms with van der Waals surface area (Å²) in [5.74, 6) is 0.00485. The first kappa shape index (κ1) is 34.2. The van der Waals surface area contributed by atoms with Crippen molar-refractivity contribution in [3.05, 3.63) is 58.9 Å². The number of methoxy groups -OCH3 is 1. The van der Waals surface area contributed by atoms with Crippen LogP contribution in [0.3, 0.4) is 0 Å². The molecule has 2 bridgehead atoms. The molecule has 0 aromatic heterocycles. The van der Waals surface area contributed by atoms with Crippen molar-refractivity contribution in [3.8, 4) is 17.6 Å². The van der Waals surface area contributed by atoms with Gasteiger partial charge in [0.1, 0.15) is 5.82 Å². The highest BCUT2D eigenvalue weighted by molar-refractivity contribution is 5.97. The third-order valence-corrected chi connectivity index (χ3v) is 8.85. The predicted molar refractivity (Wildman–Crippen MR) is 166 cm³/mol. The summed E-state index contributed by atoms with van der Waals surface area (Å²) in [4.78, 5) is 51.7. The van der Waals surface area contributed by atoms with Gasteiger partial charge in [-0.15, -0.1) is 0 Å². The maximum atomic E-state index is 14.1. The Morgan fingerprint density at radius 1 is 1.13 bits per heavy atom. The van der Waals surface area contributed by atoms with Gasteiger partial charge in [0.25, 0.3) is 12.4 Å². The summed E-state index contributed by atoms with van der Waals surface area (Å²) in [6.07, 6.45) is 7.91. The molecule has 0 radical (unpaired) electrons. The first-order valence-corrected chi connectivity index (χ1v) is 15.7. The molecule has 3 amide bonds. The number of hydrogen-bond acceptors (Lipinski definition) is 7. The molecule has 1 aliphatic carbocycles. The topological polar surface area (TPSA) is 149 Å². The number of hydrogen-bond donors (Lipinski definition) is 2. The number of carbonyl (C=O) groups excluding carboxylic acids is 3. The number of halogens is 1. The van der Waals surface area contributed by atoms with Crippen LogP contribution < -0.4 is 14.8 Å². The molecule has 2 N–H and O–H groups in total. The van der Waals surface area contributed by atoms with Crippen LogP contribution in [0.5, 0.6) is 11.5 Å². The van der Waals surface area contributed by atoms with E-state index in [2.05, 4.69) is 5.32 Å². The molecule has 11 nitrogen and oxygen atoms in total. The van der Waals surface area contributed by atoms with Crippen LogP contribution in [0.2, 0.25) is 0 Å². The Morgan fingerprint density at radius 3 is 2.61 bits per heavy atom. The number of carboxylic acid groups (broad SMARTS) is 1. The second kappa shape index (κ2) is 16.6. The molecule has 1 saturated heterocycles. The molecule has 2 heterocycles. The van der Waals surface area contributed by atoms with Crippen LogP contribution in [-0.4, -0.2) is 85.0 Å². The minimum absolute atomic E-state index is 0.00334. The average molecular weight is 637 g/mol. The van der Waals surface area contributed by atoms with Crippen LogP contribution >= 0.6 is 0 Å². The Bertz CT molecular complexity index is 1440. The van der Waals surface area contributed by atoms with Gasteiger partial charge in [-0.25, -0.2) is 4.39 Å². The lowest BCUT2D eigenvalue weighted by Gasteiger charge is -2.25. The molecule has 2 aromatic carbocycles. The minimum atomic E-state index is -0.700. The van der Waals surface area contributed by atoms with Crippen LogP contribution in [0.25, 0.3) is 0 Å². The van der Waals surface area contributed by atoms with E-state index in [1.54, 1.807) is 7.11 Å². The van der Waals surface area contributed by atoms with E-state index in [1.807, 2.05) is 29.2 Å². The summed E-state index contributed by atoms with van der Waals surface area (Å²) in [6, 6.07) is 10.6. The average Bonchev–Trinajstić information content (AvgIpc) is 3.48. The number of amides is 3. The maximum absolute atomic E-state index is 14.1. The van der Waals surface area contributed by atoms with E-state index >= 15 is 0 Å². The third kappa shape index (κ3) is 8.96. The Hall–Kier alpha value is -4.66. The van der Waals surface area contributed by atoms with E-state index < -0.39 is 11.7 Å². The highest BCUT2D eigenvalue weighted by atomic mass is 19.1. The van der Waals surface area contributed by atoms with E-state index in [0.717, 1.165) is 24.1 Å². The second-order valence-corrected chi connectivity index (χ2v) is 11.9. The zero-order valence-electron chi connectivity index (χ0n) is 26.1. The number of likely N-dealkylation sites (tertiary alicyclic amines) is 1. The van der Waals surface area contributed by atoms with Gasteiger partial charge in [-0.05, 0) is 54.7 Å². The first-order valence-electron chi connectivity index (χ1n) is 15.7. The van der Waals surface area contributed by atoms with Crippen LogP contribution in [0.4, 0.5) is 4.39 Å². The summed E-state index contributed by atoms with van der Waals surface area (Å²) in [6.45, 7) is 0.746. The number of benzene rings is 2. The molecular weight excluding hydrogens is 595 g/mol. The van der Waals surface area contributed by atoms with Gasteiger partial charge in [0.15, 0.2) is 11.5 Å². The number of nitrogens with one attached hydrogen (secondary N) is 1. The smallest absolute Gasteiger partial charge is 0.290 e. The standard InChI is InChI=1S/C33H39FN4O5.CH2O2/c1-42-29-10-9-24-17-30(29)43-13-5-12-37(33(41)25-14-23(18-35)15-26(34)16-25)21-31(39)36-28-20-38(19-27(24)28)32(40)11-8-22-6-3-2-4-7-22;2-1-3/h9-10,14-17,22,27-28H,2-8,11-13,19-21H2,1H3,(H,36,39);1H,(H,2,3)/t27-,28+;/m1./s1. The van der Waals surface area contributed by atoms with Crippen LogP contribution in [-0.2, 0) is 14.4 Å². The predicted octanol–water partition coefficient (Wildman–Crippen LogP) is 4.10. The summed E-state index contributed by atoms with van der Waals surface area (Å²) in [7, 11) is 1.57. The molecule has 1 saturated carbocycles. The van der Waals surface area contributed by atoms with Gasteiger partial charge in [-0.2, -0.15) is 5.26 Å². The summed E-state index contributed by atoms with van der Waals surface area (Å²) in [5, 5.41) is 19.2. The van der Waals surface area contributed by atoms with Gasteiger partial charge in [0.2, 0.25) is 11.8 Å². The SMILES string of the molecule is COc1ccc2cc1OCCCN(C(=O)c1cc(F)cc(C#N)c1)CC(=O)N[C@H]1CN(C(=O)CCC3CCCCC3)C[C@H]21.O=CO. The molecule has 5 rings (SSSR count). The zero-order valence-corrected chi connectivity index (χ0v) is 26.1. The highest BCUT2D eigenvalue weighted by Gasteiger charge is 2.38. The van der Waals surface area contributed by atoms with Crippen molar-refractivity contribution in [1.82, 2.24) is 15.1 Å². The molecule has 2 aromatic rings. The quantitative estimate of drug-likeness (QED) is 0.466. The molecular formula is C34H41FN4O7. The number of ether oxygens (including phenoxy) is 2. The van der Waals surface area contributed by atoms with Crippen molar-refractivity contribution in [2.75, 3.05) is 39.9 Å². The monoisotopic (exact) mass is 636 g/mol. The minimum Gasteiger partial charge on any atom is -0.493 e. The fourth-order valence-electron chi connectivity index (χ4n) is 6.57. The molecule has 46 heavy (non-hydrogen) atoms. The molecule has 2 atom stereocenters. The molecule has 246 valence electrons. The number of nitriles is 1. The fourth-order valence-corrected chi connectivity index (χ4v) is 6.57. The van der Waals surface area contributed by atoms with Crippen molar-refractivity contribution in [3.63, 3.8) is 0 Å². The molecule has 2 fully saturated rings. The molecule has 0 unspecified atom stereocenters. The second-order valence-electron chi connectivity index (χ2n) is 11.9. The van der Waals surface area contributed by atoms with E-state index in [4.69, 9.17) is 19.4 Å². The van der Waals surface area contributed by atoms with E-state index in [0.29, 0.717) is 43.3 Å². The van der Waals surface area contributed by atoms with Gasteiger partial charge in [0.05, 0.1) is 37.9 Å². The molecule has 3 aliphatic rings. The Kier molecular flexibility index (Phi) is 12.3. The van der Waals surface area contributed by atoms with Gasteiger partial charge in [0, 0.05) is 37.5 Å². The number of rotatable bonds is 5. The number of fused-ring (bicyclic) bond motifs is 4. The summed E-state index contributed by atoms with van der Waals surface area (Å²) in [5.41, 5.74) is 0.950. The van der Waals surface area contributed by atoms with Crippen molar-refractivity contribution in [2.24, 2.45) is 5.92 Å². The van der Waals surface area contributed by atoms with Crippen molar-refractivity contribution in [2.45, 2.75) is 63.3 Å². The van der Waals surface area contributed by atoms with E-state index in [1.165, 1.54) is 43.1 Å². The van der Waals surface area contributed by atoms with Crippen molar-refractivity contribution >= 4 is 24.2 Å². The summed E-state index contributed by atoms with van der Waals surface area (Å²) < 4.78 is 25.7. The van der Waals surface area contributed by atoms with Crippen molar-refractivity contribution < 1.29 is 38.1 Å². The van der Waals surface area contributed by atoms with Crippen molar-refractivity contribution in [1.29, 1.82) is 5.26 Å². The first-order chi connectivity index (χ1) is 22.3. The molecule has 12 heteroatoms. The zero-order chi connectivity index (χ0) is 33.1. The Labute approximate surface area is 268 Å². The molecule has 2 aliphatic heterocycles. The normalized spacial score (nSPS) is 20.2. The van der Waals surface area contributed by atoms with Gasteiger partial charge < -0.3 is 29.7 Å². The highest BCUT2D eigenvalue weighted by Crippen LogP contribution is 2.36. The van der Waals surface area contributed by atoms with Gasteiger partial charge >= 0.3 is 0 Å². The van der Waals surface area contributed by atoms with E-state index in [-0.39, 0.29) is 61.1 Å². The lowest BCUT2D eigenvalue weighted by molar-refractivity contribution is -0.131. The van der Waals surface area contributed by atoms with Crippen LogP contribution in [0, 0.1) is 23.1 Å². The van der Waals surface area contributed by atoms with Crippen LogP contribution in [0.15, 0.2) is 36.4 Å². The lowest BCUT2D eigenvalue weighted by Crippen LogP contribution is -2.47. The maximum Gasteiger partial charge on any atom is 0.290 e.